The molecule has 0 unspecified atom stereocenters. The molecule has 3 rings (SSSR count). The summed E-state index contributed by atoms with van der Waals surface area (Å²) in [5, 5.41) is 14.1. The van der Waals surface area contributed by atoms with Gasteiger partial charge in [0.05, 0.1) is 0 Å². The summed E-state index contributed by atoms with van der Waals surface area (Å²) in [5.41, 5.74) is 6.07. The molecule has 0 amide bonds. The smallest absolute Gasteiger partial charge is 0.263 e. The van der Waals surface area contributed by atoms with Crippen molar-refractivity contribution in [2.75, 3.05) is 5.73 Å². The van der Waals surface area contributed by atoms with Gasteiger partial charge in [0.1, 0.15) is 16.7 Å². The molecule has 0 aliphatic heterocycles. The Labute approximate surface area is 110 Å². The molecule has 19 heavy (non-hydrogen) atoms. The summed E-state index contributed by atoms with van der Waals surface area (Å²) in [4.78, 5) is 14.1. The maximum atomic E-state index is 11.8. The molecule has 6 heteroatoms. The lowest BCUT2D eigenvalue weighted by atomic mass is 9.89. The summed E-state index contributed by atoms with van der Waals surface area (Å²) in [6.07, 6.45) is 6.20. The molecule has 0 aromatic carbocycles. The number of fused-ring (bicyclic) bond motifs is 1. The van der Waals surface area contributed by atoms with Crippen LogP contribution < -0.4 is 11.3 Å². The highest BCUT2D eigenvalue weighted by Crippen LogP contribution is 2.27. The van der Waals surface area contributed by atoms with E-state index in [4.69, 9.17) is 5.73 Å². The molecule has 0 spiro atoms. The predicted molar refractivity (Wildman–Crippen MR) is 73.0 cm³/mol. The van der Waals surface area contributed by atoms with Crippen LogP contribution in [0.2, 0.25) is 0 Å². The number of pyridine rings is 1. The molecule has 1 fully saturated rings. The summed E-state index contributed by atoms with van der Waals surface area (Å²) >= 11 is 0. The highest BCUT2D eigenvalue weighted by molar-refractivity contribution is 5.88. The van der Waals surface area contributed by atoms with Crippen LogP contribution in [-0.4, -0.2) is 19.9 Å². The molecule has 0 bridgehead atoms. The van der Waals surface area contributed by atoms with Crippen LogP contribution in [-0.2, 0) is 6.54 Å². The fourth-order valence-electron chi connectivity index (χ4n) is 2.93. The molecule has 0 radical (unpaired) electrons. The van der Waals surface area contributed by atoms with Crippen LogP contribution in [0, 0.1) is 5.92 Å². The van der Waals surface area contributed by atoms with Crippen molar-refractivity contribution >= 4 is 16.7 Å². The number of aromatic hydroxyl groups is 1. The lowest BCUT2D eigenvalue weighted by molar-refractivity contribution is 0.311. The lowest BCUT2D eigenvalue weighted by Gasteiger charge is -2.21. The zero-order chi connectivity index (χ0) is 13.4. The summed E-state index contributed by atoms with van der Waals surface area (Å²) in [6.45, 7) is 0.751. The van der Waals surface area contributed by atoms with Crippen molar-refractivity contribution in [1.82, 2.24) is 14.8 Å². The summed E-state index contributed by atoms with van der Waals surface area (Å²) in [6, 6.07) is 1.43. The molecule has 1 aliphatic carbocycles. The number of nitrogen functional groups attached to an aromatic ring is 1. The van der Waals surface area contributed by atoms with E-state index in [2.05, 4.69) is 10.1 Å². The van der Waals surface area contributed by atoms with Crippen molar-refractivity contribution in [1.29, 1.82) is 0 Å². The maximum Gasteiger partial charge on any atom is 0.263 e. The van der Waals surface area contributed by atoms with Gasteiger partial charge in [0.15, 0.2) is 5.88 Å². The largest absolute Gasteiger partial charge is 0.494 e. The zero-order valence-electron chi connectivity index (χ0n) is 10.7. The van der Waals surface area contributed by atoms with E-state index < -0.39 is 0 Å². The van der Waals surface area contributed by atoms with Gasteiger partial charge in [-0.15, -0.1) is 0 Å². The van der Waals surface area contributed by atoms with E-state index >= 15 is 0 Å². The van der Waals surface area contributed by atoms with Gasteiger partial charge in [0.2, 0.25) is 0 Å². The second-order valence-electron chi connectivity index (χ2n) is 5.32. The number of aromatic nitrogens is 3. The normalized spacial score (nSPS) is 17.1. The molecule has 1 aliphatic rings. The van der Waals surface area contributed by atoms with Crippen molar-refractivity contribution in [3.05, 3.63) is 16.4 Å². The first-order chi connectivity index (χ1) is 9.15. The molecular formula is C13H18N4O2. The Morgan fingerprint density at radius 2 is 2.16 bits per heavy atom. The van der Waals surface area contributed by atoms with E-state index in [0.29, 0.717) is 22.6 Å². The van der Waals surface area contributed by atoms with Crippen molar-refractivity contribution in [2.45, 2.75) is 38.6 Å². The highest BCUT2D eigenvalue weighted by atomic mass is 16.3. The first-order valence-corrected chi connectivity index (χ1v) is 6.73. The van der Waals surface area contributed by atoms with Gasteiger partial charge in [-0.3, -0.25) is 9.78 Å². The minimum Gasteiger partial charge on any atom is -0.494 e. The third-order valence-corrected chi connectivity index (χ3v) is 3.92. The second kappa shape index (κ2) is 4.60. The van der Waals surface area contributed by atoms with E-state index in [9.17, 15) is 9.90 Å². The number of hydrogen-bond donors (Lipinski definition) is 3. The third-order valence-electron chi connectivity index (χ3n) is 3.92. The number of H-pyrrole nitrogens is 1. The number of nitrogens with two attached hydrogens (primary N) is 1. The van der Waals surface area contributed by atoms with Crippen LogP contribution in [0.4, 0.5) is 5.82 Å². The summed E-state index contributed by atoms with van der Waals surface area (Å²) in [5.74, 6) is 0.791. The summed E-state index contributed by atoms with van der Waals surface area (Å²) < 4.78 is 1.70. The molecule has 6 nitrogen and oxygen atoms in total. The van der Waals surface area contributed by atoms with Crippen molar-refractivity contribution < 1.29 is 5.11 Å². The van der Waals surface area contributed by atoms with Gasteiger partial charge in [-0.2, -0.15) is 5.10 Å². The number of nitrogens with one attached hydrogen (secondary N) is 1. The van der Waals surface area contributed by atoms with E-state index in [0.717, 1.165) is 6.54 Å². The maximum absolute atomic E-state index is 11.8. The molecule has 2 aromatic rings. The van der Waals surface area contributed by atoms with E-state index in [1.54, 1.807) is 4.68 Å². The molecule has 2 aromatic heterocycles. The van der Waals surface area contributed by atoms with Crippen molar-refractivity contribution in [3.8, 4) is 5.88 Å². The average molecular weight is 262 g/mol. The molecule has 0 saturated heterocycles. The first-order valence-electron chi connectivity index (χ1n) is 6.73. The van der Waals surface area contributed by atoms with E-state index in [-0.39, 0.29) is 11.4 Å². The minimum absolute atomic E-state index is 0.181. The monoisotopic (exact) mass is 262 g/mol. The fraction of sp³-hybridized carbons (Fsp3) is 0.538. The molecule has 0 atom stereocenters. The second-order valence-corrected chi connectivity index (χ2v) is 5.32. The SMILES string of the molecule is Nc1c2c(=O)[nH]c(O)cc2nn1CC1CCCCC1. The molecule has 2 heterocycles. The van der Waals surface area contributed by atoms with Crippen LogP contribution >= 0.6 is 0 Å². The Kier molecular flexibility index (Phi) is 2.93. The highest BCUT2D eigenvalue weighted by Gasteiger charge is 2.18. The van der Waals surface area contributed by atoms with Crippen LogP contribution in [0.25, 0.3) is 10.9 Å². The minimum atomic E-state index is -0.387. The van der Waals surface area contributed by atoms with E-state index in [1.165, 1.54) is 38.2 Å². The fourth-order valence-corrected chi connectivity index (χ4v) is 2.93. The number of hydrogen-bond acceptors (Lipinski definition) is 4. The van der Waals surface area contributed by atoms with Gasteiger partial charge < -0.3 is 10.8 Å². The topological polar surface area (TPSA) is 96.9 Å². The molecule has 1 saturated carbocycles. The van der Waals surface area contributed by atoms with Gasteiger partial charge >= 0.3 is 0 Å². The van der Waals surface area contributed by atoms with E-state index in [1.807, 2.05) is 0 Å². The Hall–Kier alpha value is -1.98. The van der Waals surface area contributed by atoms with Gasteiger partial charge in [0, 0.05) is 12.6 Å². The Bertz CT molecular complexity index is 652. The van der Waals surface area contributed by atoms with Crippen LogP contribution in [0.1, 0.15) is 32.1 Å². The Morgan fingerprint density at radius 3 is 2.89 bits per heavy atom. The number of aromatic amines is 1. The van der Waals surface area contributed by atoms with Crippen molar-refractivity contribution in [2.24, 2.45) is 5.92 Å². The van der Waals surface area contributed by atoms with Crippen LogP contribution in [0.5, 0.6) is 5.88 Å². The first kappa shape index (κ1) is 12.1. The van der Waals surface area contributed by atoms with Gasteiger partial charge in [-0.1, -0.05) is 19.3 Å². The standard InChI is InChI=1S/C13H18N4O2/c14-12-11-9(6-10(18)15-13(11)19)16-17(12)7-8-4-2-1-3-5-8/h6,8,18H,1-5,7,14H2,(H,15,19). The van der Waals surface area contributed by atoms with Gasteiger partial charge in [0.25, 0.3) is 5.56 Å². The van der Waals surface area contributed by atoms with Crippen LogP contribution in [0.3, 0.4) is 0 Å². The van der Waals surface area contributed by atoms with Crippen LogP contribution in [0.15, 0.2) is 10.9 Å². The van der Waals surface area contributed by atoms with Crippen molar-refractivity contribution in [3.63, 3.8) is 0 Å². The number of nitrogens with zero attached hydrogens (tertiary/aromatic N) is 2. The van der Waals surface area contributed by atoms with Gasteiger partial charge in [-0.25, -0.2) is 4.68 Å². The third kappa shape index (κ3) is 2.18. The number of anilines is 1. The summed E-state index contributed by atoms with van der Waals surface area (Å²) in [7, 11) is 0. The molecule has 102 valence electrons. The van der Waals surface area contributed by atoms with Gasteiger partial charge in [-0.05, 0) is 18.8 Å². The quantitative estimate of drug-likeness (QED) is 0.765. The lowest BCUT2D eigenvalue weighted by Crippen LogP contribution is -2.16. The Balaban J connectivity index is 1.97. The molecular weight excluding hydrogens is 244 g/mol. The number of rotatable bonds is 2. The predicted octanol–water partition coefficient (Wildman–Crippen LogP) is 1.59. The average Bonchev–Trinajstić information content (AvgIpc) is 2.67. The molecule has 4 N–H and O–H groups in total. The zero-order valence-corrected chi connectivity index (χ0v) is 10.7. The Morgan fingerprint density at radius 1 is 1.42 bits per heavy atom.